The third-order valence-electron chi connectivity index (χ3n) is 3.98. The number of ether oxygens (including phenoxy) is 2. The molecule has 0 atom stereocenters. The Kier molecular flexibility index (Phi) is 7.27. The second-order valence-corrected chi connectivity index (χ2v) is 9.01. The van der Waals surface area contributed by atoms with Gasteiger partial charge in [-0.25, -0.2) is 0 Å². The molecule has 148 valence electrons. The molecule has 2 amide bonds. The van der Waals surface area contributed by atoms with Crippen LogP contribution in [0.3, 0.4) is 0 Å². The molecule has 1 aliphatic rings. The molecule has 0 spiro atoms. The van der Waals surface area contributed by atoms with Gasteiger partial charge in [0.1, 0.15) is 6.61 Å². The highest BCUT2D eigenvalue weighted by molar-refractivity contribution is 14.1. The molecule has 0 aliphatic carbocycles. The first-order chi connectivity index (χ1) is 13.9. The molecular weight excluding hydrogens is 569 g/mol. The Morgan fingerprint density at radius 1 is 1.28 bits per heavy atom. The molecule has 1 fully saturated rings. The number of carbonyl (C=O) groups is 2. The number of imide groups is 1. The first kappa shape index (κ1) is 21.7. The Morgan fingerprint density at radius 3 is 2.66 bits per heavy atom. The van der Waals surface area contributed by atoms with Gasteiger partial charge in [-0.1, -0.05) is 18.1 Å². The monoisotopic (exact) mass is 583 g/mol. The summed E-state index contributed by atoms with van der Waals surface area (Å²) in [6.07, 6.45) is 6.91. The van der Waals surface area contributed by atoms with Crippen LogP contribution in [0, 0.1) is 15.9 Å². The number of amides is 2. The first-order valence-electron chi connectivity index (χ1n) is 8.36. The number of thioether (sulfide) groups is 1. The van der Waals surface area contributed by atoms with E-state index in [2.05, 4.69) is 44.4 Å². The summed E-state index contributed by atoms with van der Waals surface area (Å²) < 4.78 is 12.6. The molecule has 0 radical (unpaired) electrons. The van der Waals surface area contributed by atoms with E-state index in [1.807, 2.05) is 24.3 Å². The summed E-state index contributed by atoms with van der Waals surface area (Å²) in [6, 6.07) is 11.2. The predicted molar refractivity (Wildman–Crippen MR) is 126 cm³/mol. The molecule has 0 aromatic heterocycles. The van der Waals surface area contributed by atoms with Crippen LogP contribution in [0.2, 0.25) is 0 Å². The lowest BCUT2D eigenvalue weighted by atomic mass is 10.1. The van der Waals surface area contributed by atoms with Gasteiger partial charge in [0.05, 0.1) is 23.0 Å². The van der Waals surface area contributed by atoms with Crippen molar-refractivity contribution in [2.75, 3.05) is 13.7 Å². The fraction of sp³-hybridized carbons (Fsp3) is 0.143. The van der Waals surface area contributed by atoms with Gasteiger partial charge in [-0.2, -0.15) is 0 Å². The quantitative estimate of drug-likeness (QED) is 0.262. The molecule has 0 saturated carbocycles. The van der Waals surface area contributed by atoms with Gasteiger partial charge < -0.3 is 9.47 Å². The zero-order valence-corrected chi connectivity index (χ0v) is 19.8. The first-order valence-corrected chi connectivity index (χ1v) is 11.1. The van der Waals surface area contributed by atoms with Gasteiger partial charge in [-0.05, 0) is 91.8 Å². The van der Waals surface area contributed by atoms with E-state index in [4.69, 9.17) is 15.9 Å². The van der Waals surface area contributed by atoms with Gasteiger partial charge in [0, 0.05) is 3.57 Å². The maximum absolute atomic E-state index is 12.8. The van der Waals surface area contributed by atoms with Crippen molar-refractivity contribution in [3.8, 4) is 23.8 Å². The van der Waals surface area contributed by atoms with Crippen molar-refractivity contribution in [1.82, 2.24) is 4.90 Å². The fourth-order valence-corrected chi connectivity index (χ4v) is 4.41. The molecule has 0 N–H and O–H groups in total. The van der Waals surface area contributed by atoms with Crippen molar-refractivity contribution in [3.05, 3.63) is 60.5 Å². The highest BCUT2D eigenvalue weighted by Gasteiger charge is 2.35. The molecule has 2 aromatic carbocycles. The maximum Gasteiger partial charge on any atom is 0.293 e. The minimum absolute atomic E-state index is 0.103. The van der Waals surface area contributed by atoms with Crippen LogP contribution in [-0.2, 0) is 11.3 Å². The van der Waals surface area contributed by atoms with Gasteiger partial charge in [0.25, 0.3) is 11.1 Å². The third-order valence-corrected chi connectivity index (χ3v) is 6.19. The zero-order valence-electron chi connectivity index (χ0n) is 15.3. The van der Waals surface area contributed by atoms with Crippen LogP contribution in [0.1, 0.15) is 11.1 Å². The largest absolute Gasteiger partial charge is 0.493 e. The Bertz CT molecular complexity index is 1030. The SMILES string of the molecule is C#CCOc1c(Br)cc(/C=C2\SC(=O)N(Cc3ccc(I)cc3)C2=O)cc1OC. The number of nitrogens with zero attached hydrogens (tertiary/aromatic N) is 1. The van der Waals surface area contributed by atoms with Crippen LogP contribution in [0.5, 0.6) is 11.5 Å². The summed E-state index contributed by atoms with van der Waals surface area (Å²) in [6.45, 7) is 0.344. The lowest BCUT2D eigenvalue weighted by Gasteiger charge is -2.13. The minimum atomic E-state index is -0.318. The van der Waals surface area contributed by atoms with Gasteiger partial charge in [-0.15, -0.1) is 6.42 Å². The highest BCUT2D eigenvalue weighted by Crippen LogP contribution is 2.39. The van der Waals surface area contributed by atoms with Gasteiger partial charge in [0.15, 0.2) is 11.5 Å². The van der Waals surface area contributed by atoms with Gasteiger partial charge in [0.2, 0.25) is 0 Å². The second-order valence-electron chi connectivity index (χ2n) is 5.92. The molecule has 2 aromatic rings. The van der Waals surface area contributed by atoms with Crippen molar-refractivity contribution < 1.29 is 19.1 Å². The summed E-state index contributed by atoms with van der Waals surface area (Å²) in [5.41, 5.74) is 1.59. The van der Waals surface area contributed by atoms with E-state index in [0.717, 1.165) is 20.9 Å². The Hall–Kier alpha value is -1.96. The molecule has 0 unspecified atom stereocenters. The smallest absolute Gasteiger partial charge is 0.293 e. The molecule has 5 nitrogen and oxygen atoms in total. The Morgan fingerprint density at radius 2 is 2.00 bits per heavy atom. The van der Waals surface area contributed by atoms with Crippen LogP contribution in [0.25, 0.3) is 6.08 Å². The lowest BCUT2D eigenvalue weighted by molar-refractivity contribution is -0.123. The minimum Gasteiger partial charge on any atom is -0.493 e. The lowest BCUT2D eigenvalue weighted by Crippen LogP contribution is -2.27. The summed E-state index contributed by atoms with van der Waals surface area (Å²) in [7, 11) is 1.52. The molecule has 8 heteroatoms. The van der Waals surface area contributed by atoms with Crippen molar-refractivity contribution in [1.29, 1.82) is 0 Å². The topological polar surface area (TPSA) is 55.8 Å². The molecular formula is C21H15BrINO4S. The molecule has 1 aliphatic heterocycles. The average molecular weight is 584 g/mol. The maximum atomic E-state index is 12.8. The van der Waals surface area contributed by atoms with E-state index in [1.165, 1.54) is 12.0 Å². The normalized spacial score (nSPS) is 15.0. The number of hydrogen-bond acceptors (Lipinski definition) is 5. The third kappa shape index (κ3) is 5.15. The number of hydrogen-bond donors (Lipinski definition) is 0. The van der Waals surface area contributed by atoms with Crippen LogP contribution in [-0.4, -0.2) is 29.8 Å². The number of terminal acetylenes is 1. The predicted octanol–water partition coefficient (Wildman–Crippen LogP) is 5.31. The zero-order chi connectivity index (χ0) is 21.0. The van der Waals surface area contributed by atoms with E-state index < -0.39 is 0 Å². The summed E-state index contributed by atoms with van der Waals surface area (Å²) in [5.74, 6) is 3.04. The summed E-state index contributed by atoms with van der Waals surface area (Å²) >= 11 is 6.56. The van der Waals surface area contributed by atoms with Gasteiger partial charge >= 0.3 is 0 Å². The summed E-state index contributed by atoms with van der Waals surface area (Å²) in [4.78, 5) is 26.7. The fourth-order valence-electron chi connectivity index (χ4n) is 2.64. The number of benzene rings is 2. The van der Waals surface area contributed by atoms with E-state index in [-0.39, 0.29) is 24.3 Å². The number of carbonyl (C=O) groups excluding carboxylic acids is 2. The highest BCUT2D eigenvalue weighted by atomic mass is 127. The average Bonchev–Trinajstić information content (AvgIpc) is 2.95. The van der Waals surface area contributed by atoms with Crippen LogP contribution in [0.15, 0.2) is 45.8 Å². The number of halogens is 2. The van der Waals surface area contributed by atoms with Crippen LogP contribution < -0.4 is 9.47 Å². The molecule has 3 rings (SSSR count). The van der Waals surface area contributed by atoms with Crippen molar-refractivity contribution in [2.45, 2.75) is 6.54 Å². The summed E-state index contributed by atoms with van der Waals surface area (Å²) in [5, 5.41) is -0.292. The van der Waals surface area contributed by atoms with Crippen LogP contribution >= 0.6 is 50.3 Å². The molecule has 29 heavy (non-hydrogen) atoms. The van der Waals surface area contributed by atoms with E-state index >= 15 is 0 Å². The van der Waals surface area contributed by atoms with Crippen molar-refractivity contribution >= 4 is 67.5 Å². The number of methoxy groups -OCH3 is 1. The van der Waals surface area contributed by atoms with Crippen molar-refractivity contribution in [3.63, 3.8) is 0 Å². The van der Waals surface area contributed by atoms with Gasteiger partial charge in [-0.3, -0.25) is 14.5 Å². The molecule has 0 bridgehead atoms. The Balaban J connectivity index is 1.84. The van der Waals surface area contributed by atoms with E-state index in [0.29, 0.717) is 26.4 Å². The number of rotatable bonds is 6. The van der Waals surface area contributed by atoms with E-state index in [1.54, 1.807) is 18.2 Å². The second kappa shape index (κ2) is 9.69. The molecule has 1 saturated heterocycles. The Labute approximate surface area is 195 Å². The standard InChI is InChI=1S/C21H15BrINO4S/c1-3-8-28-19-16(22)9-14(10-17(19)27-2)11-18-20(25)24(21(26)29-18)12-13-4-6-15(23)7-5-13/h1,4-7,9-11H,8,12H2,2H3/b18-11-. The van der Waals surface area contributed by atoms with Crippen LogP contribution in [0.4, 0.5) is 4.79 Å². The molecule has 1 heterocycles. The van der Waals surface area contributed by atoms with E-state index in [9.17, 15) is 9.59 Å². The van der Waals surface area contributed by atoms with Crippen molar-refractivity contribution in [2.24, 2.45) is 0 Å².